The summed E-state index contributed by atoms with van der Waals surface area (Å²) >= 11 is 13.2. The van der Waals surface area contributed by atoms with E-state index < -0.39 is 27.9 Å². The predicted octanol–water partition coefficient (Wildman–Crippen LogP) is 6.74. The molecular formula is C32H22Cl2N4O6S. The number of nitro groups is 1. The van der Waals surface area contributed by atoms with Gasteiger partial charge in [0.2, 0.25) is 11.8 Å². The van der Waals surface area contributed by atoms with E-state index in [-0.39, 0.29) is 28.7 Å². The number of non-ortho nitro benzene ring substituents is 1. The van der Waals surface area contributed by atoms with Crippen LogP contribution in [0.3, 0.4) is 0 Å². The molecule has 1 saturated heterocycles. The van der Waals surface area contributed by atoms with E-state index in [0.29, 0.717) is 32.4 Å². The highest BCUT2D eigenvalue weighted by Crippen LogP contribution is 2.36. The van der Waals surface area contributed by atoms with E-state index >= 15 is 0 Å². The van der Waals surface area contributed by atoms with Gasteiger partial charge in [-0.05, 0) is 72.3 Å². The molecule has 0 bridgehead atoms. The fraction of sp³-hybridized carbons (Fsp3) is 0.0625. The van der Waals surface area contributed by atoms with E-state index in [1.807, 2.05) is 0 Å². The maximum atomic E-state index is 13.4. The molecule has 1 fully saturated rings. The molecule has 10 nitrogen and oxygen atoms in total. The van der Waals surface area contributed by atoms with Gasteiger partial charge in [-0.25, -0.2) is 4.90 Å². The Labute approximate surface area is 271 Å². The smallest absolute Gasteiger partial charge is 0.272 e. The molecule has 1 heterocycles. The van der Waals surface area contributed by atoms with Gasteiger partial charge in [0.05, 0.1) is 25.9 Å². The minimum absolute atomic E-state index is 0.0338. The normalized spacial score (nSPS) is 14.8. The highest BCUT2D eigenvalue weighted by atomic mass is 35.5. The highest BCUT2D eigenvalue weighted by molar-refractivity contribution is 8.00. The van der Waals surface area contributed by atoms with Crippen LogP contribution in [0.1, 0.15) is 22.3 Å². The minimum Gasteiger partial charge on any atom is -0.321 e. The van der Waals surface area contributed by atoms with Gasteiger partial charge in [0.1, 0.15) is 5.70 Å². The largest absolute Gasteiger partial charge is 0.321 e. The van der Waals surface area contributed by atoms with Crippen LogP contribution in [-0.2, 0) is 14.4 Å². The highest BCUT2D eigenvalue weighted by Gasteiger charge is 2.40. The average Bonchev–Trinajstić information content (AvgIpc) is 3.30. The van der Waals surface area contributed by atoms with Crippen LogP contribution >= 0.6 is 35.0 Å². The Bertz CT molecular complexity index is 1850. The molecular weight excluding hydrogens is 639 g/mol. The molecule has 0 aliphatic carbocycles. The van der Waals surface area contributed by atoms with E-state index in [4.69, 9.17) is 23.2 Å². The Kier molecular flexibility index (Phi) is 9.62. The third-order valence-electron chi connectivity index (χ3n) is 6.58. The van der Waals surface area contributed by atoms with E-state index in [0.717, 1.165) is 4.90 Å². The zero-order valence-electron chi connectivity index (χ0n) is 23.1. The number of nitrogens with one attached hydrogen (secondary N) is 2. The van der Waals surface area contributed by atoms with Gasteiger partial charge < -0.3 is 10.6 Å². The molecule has 4 aromatic rings. The zero-order chi connectivity index (χ0) is 32.1. The lowest BCUT2D eigenvalue weighted by Gasteiger charge is -2.16. The monoisotopic (exact) mass is 660 g/mol. The minimum atomic E-state index is -0.708. The lowest BCUT2D eigenvalue weighted by molar-refractivity contribution is -0.384. The van der Waals surface area contributed by atoms with Crippen LogP contribution in [0.5, 0.6) is 0 Å². The summed E-state index contributed by atoms with van der Waals surface area (Å²) in [6.45, 7) is 0. The van der Waals surface area contributed by atoms with Crippen molar-refractivity contribution in [3.05, 3.63) is 134 Å². The molecule has 5 rings (SSSR count). The van der Waals surface area contributed by atoms with Gasteiger partial charge in [-0.1, -0.05) is 47.5 Å². The Morgan fingerprint density at radius 1 is 0.911 bits per heavy atom. The number of imide groups is 1. The molecule has 0 saturated carbocycles. The maximum Gasteiger partial charge on any atom is 0.272 e. The van der Waals surface area contributed by atoms with Crippen molar-refractivity contribution in [2.24, 2.45) is 0 Å². The number of hydrogen-bond acceptors (Lipinski definition) is 7. The quantitative estimate of drug-likeness (QED) is 0.0877. The second-order valence-corrected chi connectivity index (χ2v) is 11.8. The number of rotatable bonds is 9. The Balaban J connectivity index is 1.33. The number of thioether (sulfide) groups is 1. The van der Waals surface area contributed by atoms with Gasteiger partial charge in [0.15, 0.2) is 0 Å². The molecule has 1 aliphatic rings. The van der Waals surface area contributed by atoms with Gasteiger partial charge in [0, 0.05) is 34.7 Å². The van der Waals surface area contributed by atoms with E-state index in [1.54, 1.807) is 60.7 Å². The van der Waals surface area contributed by atoms with Crippen molar-refractivity contribution in [1.29, 1.82) is 0 Å². The van der Waals surface area contributed by atoms with Crippen LogP contribution < -0.4 is 15.5 Å². The summed E-state index contributed by atoms with van der Waals surface area (Å²) in [4.78, 5) is 64.5. The van der Waals surface area contributed by atoms with Crippen molar-refractivity contribution in [2.45, 2.75) is 16.6 Å². The first-order valence-electron chi connectivity index (χ1n) is 13.3. The molecule has 13 heteroatoms. The number of anilines is 2. The van der Waals surface area contributed by atoms with Crippen molar-refractivity contribution in [1.82, 2.24) is 5.32 Å². The molecule has 0 aromatic heterocycles. The number of hydrogen-bond donors (Lipinski definition) is 2. The molecule has 1 atom stereocenters. The van der Waals surface area contributed by atoms with Crippen molar-refractivity contribution in [2.75, 3.05) is 10.2 Å². The second-order valence-electron chi connectivity index (χ2n) is 9.69. The SMILES string of the molecule is O=C(Nc1cccc(S[C@@H]2CC(=O)N(c3ccc(Cl)c(Cl)c3)C2=O)c1)/C(=C/c1ccc([N+](=O)[O-])cc1)NC(=O)c1ccccc1. The van der Waals surface area contributed by atoms with Gasteiger partial charge in [-0.2, -0.15) is 0 Å². The average molecular weight is 662 g/mol. The molecule has 2 N–H and O–H groups in total. The molecule has 226 valence electrons. The van der Waals surface area contributed by atoms with Crippen LogP contribution in [0.25, 0.3) is 6.08 Å². The Morgan fingerprint density at radius 3 is 2.33 bits per heavy atom. The summed E-state index contributed by atoms with van der Waals surface area (Å²) < 4.78 is 0. The first kappa shape index (κ1) is 31.5. The Hall–Kier alpha value is -4.97. The fourth-order valence-electron chi connectivity index (χ4n) is 4.40. The number of nitro benzene ring substituents is 1. The summed E-state index contributed by atoms with van der Waals surface area (Å²) in [5, 5.41) is 16.2. The van der Waals surface area contributed by atoms with Crippen LogP contribution in [0.15, 0.2) is 108 Å². The lowest BCUT2D eigenvalue weighted by Crippen LogP contribution is -2.31. The third-order valence-corrected chi connectivity index (χ3v) is 8.50. The molecule has 0 radical (unpaired) electrons. The summed E-state index contributed by atoms with van der Waals surface area (Å²) in [5.74, 6) is -1.97. The Morgan fingerprint density at radius 2 is 1.64 bits per heavy atom. The van der Waals surface area contributed by atoms with E-state index in [2.05, 4.69) is 10.6 Å². The number of carbonyl (C=O) groups excluding carboxylic acids is 4. The fourth-order valence-corrected chi connectivity index (χ4v) is 5.81. The van der Waals surface area contributed by atoms with Crippen molar-refractivity contribution in [3.8, 4) is 0 Å². The summed E-state index contributed by atoms with van der Waals surface area (Å²) in [6, 6.07) is 25.0. The van der Waals surface area contributed by atoms with Crippen LogP contribution in [0, 0.1) is 10.1 Å². The van der Waals surface area contributed by atoms with Crippen molar-refractivity contribution >= 4 is 81.7 Å². The van der Waals surface area contributed by atoms with Crippen LogP contribution in [-0.4, -0.2) is 33.8 Å². The third kappa shape index (κ3) is 7.58. The van der Waals surface area contributed by atoms with Gasteiger partial charge in [-0.3, -0.25) is 29.3 Å². The molecule has 1 aliphatic heterocycles. The van der Waals surface area contributed by atoms with E-state index in [9.17, 15) is 29.3 Å². The number of halogens is 2. The van der Waals surface area contributed by atoms with Crippen molar-refractivity contribution < 1.29 is 24.1 Å². The number of amides is 4. The van der Waals surface area contributed by atoms with Gasteiger partial charge in [0.25, 0.3) is 17.5 Å². The summed E-state index contributed by atoms with van der Waals surface area (Å²) in [7, 11) is 0. The predicted molar refractivity (Wildman–Crippen MR) is 173 cm³/mol. The second kappa shape index (κ2) is 13.8. The molecule has 4 aromatic carbocycles. The van der Waals surface area contributed by atoms with E-state index in [1.165, 1.54) is 54.2 Å². The summed E-state index contributed by atoms with van der Waals surface area (Å²) in [6.07, 6.45) is 1.37. The van der Waals surface area contributed by atoms with Crippen molar-refractivity contribution in [3.63, 3.8) is 0 Å². The van der Waals surface area contributed by atoms with Gasteiger partial charge >= 0.3 is 0 Å². The number of benzene rings is 4. The molecule has 45 heavy (non-hydrogen) atoms. The zero-order valence-corrected chi connectivity index (χ0v) is 25.4. The maximum absolute atomic E-state index is 13.4. The summed E-state index contributed by atoms with van der Waals surface area (Å²) in [5.41, 5.74) is 1.23. The molecule has 4 amide bonds. The van der Waals surface area contributed by atoms with Crippen LogP contribution in [0.4, 0.5) is 17.1 Å². The first-order chi connectivity index (χ1) is 21.6. The first-order valence-corrected chi connectivity index (χ1v) is 14.9. The lowest BCUT2D eigenvalue weighted by atomic mass is 10.1. The standard InChI is InChI=1S/C32H22Cl2N4O6S/c33-25-14-13-23(17-26(25)34)37-29(39)18-28(32(37)42)45-24-8-4-7-21(16-24)35-31(41)27(36-30(40)20-5-2-1-3-6-20)15-19-9-11-22(12-10-19)38(43)44/h1-17,28H,18H2,(H,35,41)(H,36,40)/b27-15-/t28-/m1/s1. The van der Waals surface area contributed by atoms with Gasteiger partial charge in [-0.15, -0.1) is 11.8 Å². The van der Waals surface area contributed by atoms with Crippen LogP contribution in [0.2, 0.25) is 10.0 Å². The number of carbonyl (C=O) groups is 4. The number of nitrogens with zero attached hydrogens (tertiary/aromatic N) is 2. The molecule has 0 spiro atoms. The topological polar surface area (TPSA) is 139 Å². The molecule has 0 unspecified atom stereocenters.